The first-order valence-corrected chi connectivity index (χ1v) is 6.94. The summed E-state index contributed by atoms with van der Waals surface area (Å²) in [6.07, 6.45) is 5.48. The Labute approximate surface area is 113 Å². The topological polar surface area (TPSA) is 42.2 Å². The lowest BCUT2D eigenvalue weighted by atomic mass is 10.0. The number of carbonyl (C=O) groups is 1. The van der Waals surface area contributed by atoms with Crippen molar-refractivity contribution in [1.29, 1.82) is 0 Å². The number of carboxylic acids is 1. The fourth-order valence-electron chi connectivity index (χ4n) is 2.67. The Morgan fingerprint density at radius 1 is 1.32 bits per heavy atom. The molecule has 1 heterocycles. The first kappa shape index (κ1) is 13.7. The summed E-state index contributed by atoms with van der Waals surface area (Å²) in [4.78, 5) is 11.2. The van der Waals surface area contributed by atoms with Gasteiger partial charge in [-0.2, -0.15) is 0 Å². The summed E-state index contributed by atoms with van der Waals surface area (Å²) < 4.78 is 2.22. The first-order chi connectivity index (χ1) is 9.08. The predicted octanol–water partition coefficient (Wildman–Crippen LogP) is 4.01. The van der Waals surface area contributed by atoms with Gasteiger partial charge in [-0.15, -0.1) is 0 Å². The van der Waals surface area contributed by atoms with Gasteiger partial charge in [-0.05, 0) is 49.9 Å². The van der Waals surface area contributed by atoms with Crippen LogP contribution in [0.1, 0.15) is 48.2 Å². The van der Waals surface area contributed by atoms with Crippen molar-refractivity contribution in [2.45, 2.75) is 46.6 Å². The molecule has 1 N–H and O–H groups in total. The number of fused-ring (bicyclic) bond motifs is 1. The van der Waals surface area contributed by atoms with Crippen molar-refractivity contribution in [3.63, 3.8) is 0 Å². The quantitative estimate of drug-likeness (QED) is 0.881. The molecule has 0 unspecified atom stereocenters. The molecule has 0 amide bonds. The summed E-state index contributed by atoms with van der Waals surface area (Å²) in [6, 6.07) is 3.59. The second-order valence-electron chi connectivity index (χ2n) is 5.04. The van der Waals surface area contributed by atoms with E-state index in [1.165, 1.54) is 11.1 Å². The van der Waals surface area contributed by atoms with Crippen molar-refractivity contribution in [1.82, 2.24) is 4.57 Å². The van der Waals surface area contributed by atoms with Crippen molar-refractivity contribution >= 4 is 16.9 Å². The van der Waals surface area contributed by atoms with Crippen LogP contribution in [-0.4, -0.2) is 15.6 Å². The Balaban J connectivity index is 2.65. The third-order valence-electron chi connectivity index (χ3n) is 3.63. The van der Waals surface area contributed by atoms with Crippen molar-refractivity contribution in [3.05, 3.63) is 35.0 Å². The van der Waals surface area contributed by atoms with Crippen molar-refractivity contribution in [2.75, 3.05) is 0 Å². The summed E-state index contributed by atoms with van der Waals surface area (Å²) >= 11 is 0. The second-order valence-corrected chi connectivity index (χ2v) is 5.04. The lowest BCUT2D eigenvalue weighted by molar-refractivity contribution is 0.0697. The molecule has 0 atom stereocenters. The van der Waals surface area contributed by atoms with Gasteiger partial charge in [0.05, 0.1) is 11.1 Å². The van der Waals surface area contributed by atoms with E-state index in [9.17, 15) is 9.90 Å². The largest absolute Gasteiger partial charge is 0.478 e. The molecule has 3 nitrogen and oxygen atoms in total. The average molecular weight is 259 g/mol. The van der Waals surface area contributed by atoms with Crippen LogP contribution in [0.15, 0.2) is 18.3 Å². The fraction of sp³-hybridized carbons (Fsp3) is 0.438. The van der Waals surface area contributed by atoms with Crippen LogP contribution in [0.25, 0.3) is 10.9 Å². The molecule has 0 aliphatic carbocycles. The molecule has 0 fully saturated rings. The molecule has 0 saturated carbocycles. The van der Waals surface area contributed by atoms with Crippen LogP contribution >= 0.6 is 0 Å². The van der Waals surface area contributed by atoms with Gasteiger partial charge in [-0.3, -0.25) is 0 Å². The SMILES string of the molecule is CCCCc1cn(CC)c2c(C)cc(C(=O)O)cc12. The third-order valence-corrected chi connectivity index (χ3v) is 3.63. The number of nitrogens with zero attached hydrogens (tertiary/aromatic N) is 1. The zero-order valence-corrected chi connectivity index (χ0v) is 11.9. The van der Waals surface area contributed by atoms with E-state index in [1.807, 2.05) is 13.0 Å². The van der Waals surface area contributed by atoms with Crippen LogP contribution < -0.4 is 0 Å². The Morgan fingerprint density at radius 3 is 2.63 bits per heavy atom. The van der Waals surface area contributed by atoms with Gasteiger partial charge in [0.2, 0.25) is 0 Å². The number of hydrogen-bond acceptors (Lipinski definition) is 1. The van der Waals surface area contributed by atoms with Gasteiger partial charge in [0.15, 0.2) is 0 Å². The maximum absolute atomic E-state index is 11.2. The number of benzene rings is 1. The van der Waals surface area contributed by atoms with Gasteiger partial charge < -0.3 is 9.67 Å². The van der Waals surface area contributed by atoms with Gasteiger partial charge in [-0.1, -0.05) is 13.3 Å². The van der Waals surface area contributed by atoms with E-state index in [-0.39, 0.29) is 0 Å². The van der Waals surface area contributed by atoms with Crippen LogP contribution in [0.3, 0.4) is 0 Å². The molecule has 0 radical (unpaired) electrons. The molecule has 2 aromatic rings. The standard InChI is InChI=1S/C16H21NO2/c1-4-6-7-12-10-17(5-2)15-11(3)8-13(16(18)19)9-14(12)15/h8-10H,4-7H2,1-3H3,(H,18,19). The van der Waals surface area contributed by atoms with E-state index in [2.05, 4.69) is 24.6 Å². The summed E-state index contributed by atoms with van der Waals surface area (Å²) in [6.45, 7) is 7.20. The van der Waals surface area contributed by atoms with Crippen LogP contribution in [0.2, 0.25) is 0 Å². The van der Waals surface area contributed by atoms with Gasteiger partial charge in [0.25, 0.3) is 0 Å². The number of rotatable bonds is 5. The van der Waals surface area contributed by atoms with Crippen LogP contribution in [0, 0.1) is 6.92 Å². The van der Waals surface area contributed by atoms with Crippen LogP contribution in [0.4, 0.5) is 0 Å². The zero-order valence-electron chi connectivity index (χ0n) is 11.9. The number of hydrogen-bond donors (Lipinski definition) is 1. The lowest BCUT2D eigenvalue weighted by Gasteiger charge is -2.05. The summed E-state index contributed by atoms with van der Waals surface area (Å²) in [5, 5.41) is 10.3. The van der Waals surface area contributed by atoms with Gasteiger partial charge in [0, 0.05) is 18.1 Å². The first-order valence-electron chi connectivity index (χ1n) is 6.94. The van der Waals surface area contributed by atoms with Crippen LogP contribution in [-0.2, 0) is 13.0 Å². The predicted molar refractivity (Wildman–Crippen MR) is 77.9 cm³/mol. The molecule has 19 heavy (non-hydrogen) atoms. The van der Waals surface area contributed by atoms with Gasteiger partial charge in [-0.25, -0.2) is 4.79 Å². The summed E-state index contributed by atoms with van der Waals surface area (Å²) in [5.41, 5.74) is 3.87. The molecule has 0 spiro atoms. The summed E-state index contributed by atoms with van der Waals surface area (Å²) in [7, 11) is 0. The molecule has 3 heteroatoms. The number of aromatic carboxylic acids is 1. The van der Waals surface area contributed by atoms with E-state index in [0.717, 1.165) is 36.8 Å². The highest BCUT2D eigenvalue weighted by Crippen LogP contribution is 2.27. The van der Waals surface area contributed by atoms with E-state index in [0.29, 0.717) is 5.56 Å². The molecule has 0 saturated heterocycles. The Bertz CT molecular complexity index is 611. The smallest absolute Gasteiger partial charge is 0.335 e. The van der Waals surface area contributed by atoms with E-state index in [1.54, 1.807) is 6.07 Å². The van der Waals surface area contributed by atoms with Crippen molar-refractivity contribution in [3.8, 4) is 0 Å². The molecule has 0 aliphatic rings. The molecular weight excluding hydrogens is 238 g/mol. The Morgan fingerprint density at radius 2 is 2.05 bits per heavy atom. The normalized spacial score (nSPS) is 11.1. The highest BCUT2D eigenvalue weighted by Gasteiger charge is 2.13. The third kappa shape index (κ3) is 2.50. The van der Waals surface area contributed by atoms with E-state index < -0.39 is 5.97 Å². The maximum Gasteiger partial charge on any atom is 0.335 e. The van der Waals surface area contributed by atoms with Gasteiger partial charge in [0.1, 0.15) is 0 Å². The number of carboxylic acid groups (broad SMARTS) is 1. The molecule has 2 rings (SSSR count). The molecule has 0 aliphatic heterocycles. The Kier molecular flexibility index (Phi) is 3.93. The molecule has 1 aromatic carbocycles. The lowest BCUT2D eigenvalue weighted by Crippen LogP contribution is -1.99. The maximum atomic E-state index is 11.2. The van der Waals surface area contributed by atoms with Crippen molar-refractivity contribution in [2.24, 2.45) is 0 Å². The van der Waals surface area contributed by atoms with Crippen molar-refractivity contribution < 1.29 is 9.90 Å². The minimum Gasteiger partial charge on any atom is -0.478 e. The average Bonchev–Trinajstić information content (AvgIpc) is 2.74. The minimum atomic E-state index is -0.851. The number of aromatic nitrogens is 1. The van der Waals surface area contributed by atoms with Crippen LogP contribution in [0.5, 0.6) is 0 Å². The molecule has 0 bridgehead atoms. The highest BCUT2D eigenvalue weighted by molar-refractivity contribution is 5.96. The fourth-order valence-corrected chi connectivity index (χ4v) is 2.67. The molecular formula is C16H21NO2. The molecule has 1 aromatic heterocycles. The second kappa shape index (κ2) is 5.47. The Hall–Kier alpha value is -1.77. The van der Waals surface area contributed by atoms with Gasteiger partial charge >= 0.3 is 5.97 Å². The summed E-state index contributed by atoms with van der Waals surface area (Å²) in [5.74, 6) is -0.851. The van der Waals surface area contributed by atoms with E-state index >= 15 is 0 Å². The zero-order chi connectivity index (χ0) is 14.0. The number of aryl methyl sites for hydroxylation is 3. The monoisotopic (exact) mass is 259 g/mol. The highest BCUT2D eigenvalue weighted by atomic mass is 16.4. The number of unbranched alkanes of at least 4 members (excludes halogenated alkanes) is 1. The minimum absolute atomic E-state index is 0.386. The van der Waals surface area contributed by atoms with E-state index in [4.69, 9.17) is 0 Å². The molecule has 102 valence electrons.